The molecule has 0 aliphatic carbocycles. The molecule has 0 saturated carbocycles. The number of nitrogens with zero attached hydrogens (tertiary/aromatic N) is 2. The molecule has 2 amide bonds. The molecule has 1 aliphatic heterocycles. The molecule has 5 heteroatoms. The van der Waals surface area contributed by atoms with Gasteiger partial charge >= 0.3 is 12.0 Å². The van der Waals surface area contributed by atoms with Crippen molar-refractivity contribution in [1.29, 1.82) is 0 Å². The maximum Gasteiger partial charge on any atom is 0.320 e. The summed E-state index contributed by atoms with van der Waals surface area (Å²) in [5, 5.41) is 9.12. The predicted octanol–water partition coefficient (Wildman–Crippen LogP) is 2.05. The van der Waals surface area contributed by atoms with Crippen LogP contribution in [0.1, 0.15) is 27.7 Å². The molecule has 1 rings (SSSR count). The van der Waals surface area contributed by atoms with Crippen LogP contribution >= 0.6 is 0 Å². The smallest absolute Gasteiger partial charge is 0.320 e. The Kier molecular flexibility index (Phi) is 4.61. The number of carbonyl (C=O) groups is 2. The quantitative estimate of drug-likeness (QED) is 0.797. The number of aliphatic carboxylic acids is 1. The van der Waals surface area contributed by atoms with Gasteiger partial charge in [-0.1, -0.05) is 13.0 Å². The third-order valence-corrected chi connectivity index (χ3v) is 3.55. The molecule has 1 saturated heterocycles. The van der Waals surface area contributed by atoms with Crippen LogP contribution in [0.15, 0.2) is 12.7 Å². The van der Waals surface area contributed by atoms with E-state index in [-0.39, 0.29) is 17.5 Å². The van der Waals surface area contributed by atoms with E-state index in [4.69, 9.17) is 5.11 Å². The average Bonchev–Trinajstić information content (AvgIpc) is 2.66. The number of likely N-dealkylation sites (tertiary alicyclic amines) is 1. The van der Waals surface area contributed by atoms with Crippen LogP contribution in [0.4, 0.5) is 4.79 Å². The normalized spacial score (nSPS) is 23.3. The summed E-state index contributed by atoms with van der Waals surface area (Å²) in [7, 11) is 0. The molecule has 1 N–H and O–H groups in total. The van der Waals surface area contributed by atoms with Gasteiger partial charge in [0, 0.05) is 25.2 Å². The van der Waals surface area contributed by atoms with Crippen LogP contribution in [0.5, 0.6) is 0 Å². The average molecular weight is 268 g/mol. The Bertz CT molecular complexity index is 373. The van der Waals surface area contributed by atoms with Crippen LogP contribution in [0, 0.1) is 11.8 Å². The fourth-order valence-electron chi connectivity index (χ4n) is 2.38. The predicted molar refractivity (Wildman–Crippen MR) is 73.9 cm³/mol. The number of amides is 2. The van der Waals surface area contributed by atoms with Crippen molar-refractivity contribution in [2.24, 2.45) is 11.8 Å². The number of carbonyl (C=O) groups excluding carboxylic acids is 1. The Labute approximate surface area is 114 Å². The van der Waals surface area contributed by atoms with Crippen LogP contribution < -0.4 is 0 Å². The maximum absolute atomic E-state index is 12.5. The van der Waals surface area contributed by atoms with Crippen LogP contribution in [-0.4, -0.2) is 52.1 Å². The zero-order valence-corrected chi connectivity index (χ0v) is 12.2. The first-order valence-electron chi connectivity index (χ1n) is 6.58. The molecule has 0 aromatic rings. The molecule has 0 aromatic heterocycles. The van der Waals surface area contributed by atoms with Gasteiger partial charge < -0.3 is 14.9 Å². The van der Waals surface area contributed by atoms with Crippen molar-refractivity contribution in [2.75, 3.05) is 19.6 Å². The van der Waals surface area contributed by atoms with E-state index in [0.29, 0.717) is 19.6 Å². The highest BCUT2D eigenvalue weighted by molar-refractivity contribution is 5.78. The van der Waals surface area contributed by atoms with Gasteiger partial charge in [0.15, 0.2) is 0 Å². The first kappa shape index (κ1) is 15.5. The molecule has 2 unspecified atom stereocenters. The Hall–Kier alpha value is -1.52. The van der Waals surface area contributed by atoms with E-state index in [2.05, 4.69) is 6.58 Å². The topological polar surface area (TPSA) is 60.9 Å². The fraction of sp³-hybridized carbons (Fsp3) is 0.714. The van der Waals surface area contributed by atoms with Gasteiger partial charge in [0.05, 0.1) is 5.92 Å². The minimum Gasteiger partial charge on any atom is -0.481 e. The van der Waals surface area contributed by atoms with Crippen LogP contribution in [-0.2, 0) is 4.79 Å². The Morgan fingerprint density at radius 3 is 2.37 bits per heavy atom. The summed E-state index contributed by atoms with van der Waals surface area (Å²) >= 11 is 0. The number of rotatable bonds is 3. The minimum absolute atomic E-state index is 0.00741. The van der Waals surface area contributed by atoms with E-state index in [1.54, 1.807) is 15.9 Å². The zero-order valence-electron chi connectivity index (χ0n) is 12.2. The summed E-state index contributed by atoms with van der Waals surface area (Å²) in [5.74, 6) is -1.30. The first-order chi connectivity index (χ1) is 8.68. The third kappa shape index (κ3) is 3.49. The lowest BCUT2D eigenvalue weighted by molar-refractivity contribution is -0.142. The standard InChI is InChI=1S/C14H24N2O3/c1-6-7-16(14(3,4)5)13(19)15-8-10(2)11(9-15)12(17)18/h6,10-11H,1,7-9H2,2-5H3,(H,17,18). The van der Waals surface area contributed by atoms with Gasteiger partial charge in [-0.2, -0.15) is 0 Å². The lowest BCUT2D eigenvalue weighted by atomic mass is 9.99. The molecule has 0 aromatic carbocycles. The van der Waals surface area contributed by atoms with Crippen molar-refractivity contribution in [3.8, 4) is 0 Å². The minimum atomic E-state index is -0.825. The van der Waals surface area contributed by atoms with E-state index in [1.165, 1.54) is 0 Å². The number of carboxylic acid groups (broad SMARTS) is 1. The maximum atomic E-state index is 12.5. The van der Waals surface area contributed by atoms with E-state index in [0.717, 1.165) is 0 Å². The van der Waals surface area contributed by atoms with Gasteiger partial charge in [-0.25, -0.2) is 4.79 Å². The van der Waals surface area contributed by atoms with Crippen molar-refractivity contribution in [3.63, 3.8) is 0 Å². The number of hydrogen-bond donors (Lipinski definition) is 1. The molecule has 5 nitrogen and oxygen atoms in total. The largest absolute Gasteiger partial charge is 0.481 e. The van der Waals surface area contributed by atoms with Crippen molar-refractivity contribution in [1.82, 2.24) is 9.80 Å². The second-order valence-corrected chi connectivity index (χ2v) is 6.18. The fourth-order valence-corrected chi connectivity index (χ4v) is 2.38. The Balaban J connectivity index is 2.82. The molecule has 2 atom stereocenters. The molecule has 1 fully saturated rings. The zero-order chi connectivity index (χ0) is 14.8. The monoisotopic (exact) mass is 268 g/mol. The molecular formula is C14H24N2O3. The van der Waals surface area contributed by atoms with Crippen LogP contribution in [0.25, 0.3) is 0 Å². The van der Waals surface area contributed by atoms with Gasteiger partial charge in [-0.3, -0.25) is 4.79 Å². The lowest BCUT2D eigenvalue weighted by Gasteiger charge is -2.37. The van der Waals surface area contributed by atoms with Crippen molar-refractivity contribution >= 4 is 12.0 Å². The Morgan fingerprint density at radius 1 is 1.42 bits per heavy atom. The molecule has 108 valence electrons. The number of carboxylic acids is 1. The van der Waals surface area contributed by atoms with Gasteiger partial charge in [0.2, 0.25) is 0 Å². The van der Waals surface area contributed by atoms with Crippen molar-refractivity contribution in [3.05, 3.63) is 12.7 Å². The highest BCUT2D eigenvalue weighted by Gasteiger charge is 2.39. The van der Waals surface area contributed by atoms with E-state index in [9.17, 15) is 9.59 Å². The molecule has 0 bridgehead atoms. The van der Waals surface area contributed by atoms with Crippen molar-refractivity contribution < 1.29 is 14.7 Å². The van der Waals surface area contributed by atoms with E-state index < -0.39 is 11.9 Å². The van der Waals surface area contributed by atoms with Crippen LogP contribution in [0.3, 0.4) is 0 Å². The summed E-state index contributed by atoms with van der Waals surface area (Å²) < 4.78 is 0. The molecule has 1 heterocycles. The second kappa shape index (κ2) is 5.63. The molecular weight excluding hydrogens is 244 g/mol. The number of urea groups is 1. The van der Waals surface area contributed by atoms with Gasteiger partial charge in [-0.15, -0.1) is 6.58 Å². The van der Waals surface area contributed by atoms with Gasteiger partial charge in [0.1, 0.15) is 0 Å². The summed E-state index contributed by atoms with van der Waals surface area (Å²) in [6.45, 7) is 12.7. The molecule has 0 spiro atoms. The van der Waals surface area contributed by atoms with Crippen LogP contribution in [0.2, 0.25) is 0 Å². The van der Waals surface area contributed by atoms with E-state index >= 15 is 0 Å². The summed E-state index contributed by atoms with van der Waals surface area (Å²) in [4.78, 5) is 27.0. The van der Waals surface area contributed by atoms with Gasteiger partial charge in [-0.05, 0) is 26.7 Å². The summed E-state index contributed by atoms with van der Waals surface area (Å²) in [6, 6.07) is -0.108. The Morgan fingerprint density at radius 2 is 2.00 bits per heavy atom. The summed E-state index contributed by atoms with van der Waals surface area (Å²) in [6.07, 6.45) is 1.69. The lowest BCUT2D eigenvalue weighted by Crippen LogP contribution is -2.51. The molecule has 0 radical (unpaired) electrons. The SMILES string of the molecule is C=CCN(C(=O)N1CC(C)C(C(=O)O)C1)C(C)(C)C. The van der Waals surface area contributed by atoms with E-state index in [1.807, 2.05) is 27.7 Å². The highest BCUT2D eigenvalue weighted by atomic mass is 16.4. The summed E-state index contributed by atoms with van der Waals surface area (Å²) in [5.41, 5.74) is -0.310. The molecule has 1 aliphatic rings. The number of hydrogen-bond acceptors (Lipinski definition) is 2. The second-order valence-electron chi connectivity index (χ2n) is 6.18. The first-order valence-corrected chi connectivity index (χ1v) is 6.58. The molecule has 19 heavy (non-hydrogen) atoms. The van der Waals surface area contributed by atoms with Crippen molar-refractivity contribution in [2.45, 2.75) is 33.2 Å². The van der Waals surface area contributed by atoms with Gasteiger partial charge in [0.25, 0.3) is 0 Å². The third-order valence-electron chi connectivity index (χ3n) is 3.55. The highest BCUT2D eigenvalue weighted by Crippen LogP contribution is 2.26.